The Bertz CT molecular complexity index is 598. The van der Waals surface area contributed by atoms with E-state index in [2.05, 4.69) is 20.6 Å². The van der Waals surface area contributed by atoms with Crippen molar-refractivity contribution in [1.29, 1.82) is 0 Å². The molecule has 0 aliphatic rings. The van der Waals surface area contributed by atoms with Gasteiger partial charge in [0.05, 0.1) is 17.9 Å². The van der Waals surface area contributed by atoms with Gasteiger partial charge in [-0.1, -0.05) is 6.92 Å². The lowest BCUT2D eigenvalue weighted by Crippen LogP contribution is -2.32. The van der Waals surface area contributed by atoms with Crippen molar-refractivity contribution in [3.63, 3.8) is 0 Å². The Morgan fingerprint density at radius 3 is 2.50 bits per heavy atom. The molecule has 2 heterocycles. The van der Waals surface area contributed by atoms with Gasteiger partial charge < -0.3 is 15.5 Å². The molecule has 0 saturated heterocycles. The van der Waals surface area contributed by atoms with E-state index < -0.39 is 0 Å². The number of aromatic nitrogens is 2. The summed E-state index contributed by atoms with van der Waals surface area (Å²) in [6.07, 6.45) is 5.89. The summed E-state index contributed by atoms with van der Waals surface area (Å²) >= 11 is 0. The van der Waals surface area contributed by atoms with Crippen LogP contribution in [0.25, 0.3) is 0 Å². The molecule has 0 radical (unpaired) electrons. The Hall–Kier alpha value is -2.63. The molecule has 2 aromatic heterocycles. The van der Waals surface area contributed by atoms with Crippen LogP contribution in [0.5, 0.6) is 0 Å². The quantitative estimate of drug-likeness (QED) is 0.890. The number of rotatable bonds is 5. The van der Waals surface area contributed by atoms with Crippen LogP contribution in [0.15, 0.2) is 42.9 Å². The summed E-state index contributed by atoms with van der Waals surface area (Å²) in [6, 6.07) is 7.20. The third-order valence-electron chi connectivity index (χ3n) is 3.29. The molecule has 2 N–H and O–H groups in total. The van der Waals surface area contributed by atoms with Gasteiger partial charge in [-0.25, -0.2) is 9.78 Å². The molecule has 2 amide bonds. The zero-order chi connectivity index (χ0) is 15.9. The molecule has 6 heteroatoms. The van der Waals surface area contributed by atoms with Crippen molar-refractivity contribution in [1.82, 2.24) is 15.3 Å². The van der Waals surface area contributed by atoms with Gasteiger partial charge in [0.25, 0.3) is 0 Å². The average Bonchev–Trinajstić information content (AvgIpc) is 2.54. The van der Waals surface area contributed by atoms with E-state index in [0.717, 1.165) is 17.8 Å². The predicted octanol–water partition coefficient (Wildman–Crippen LogP) is 2.82. The van der Waals surface area contributed by atoms with E-state index in [1.165, 1.54) is 0 Å². The molecule has 0 bridgehead atoms. The molecule has 1 atom stereocenters. The topological polar surface area (TPSA) is 70.2 Å². The smallest absolute Gasteiger partial charge is 0.319 e. The lowest BCUT2D eigenvalue weighted by molar-refractivity contribution is 0.248. The molecule has 116 valence electrons. The van der Waals surface area contributed by atoms with Crippen molar-refractivity contribution < 1.29 is 4.79 Å². The number of nitrogens with one attached hydrogen (secondary N) is 2. The monoisotopic (exact) mass is 299 g/mol. The third-order valence-corrected chi connectivity index (χ3v) is 3.29. The molecule has 0 saturated carbocycles. The largest absolute Gasteiger partial charge is 0.363 e. The van der Waals surface area contributed by atoms with Crippen molar-refractivity contribution in [2.24, 2.45) is 0 Å². The maximum absolute atomic E-state index is 12.1. The second-order valence-corrected chi connectivity index (χ2v) is 5.14. The van der Waals surface area contributed by atoms with E-state index in [9.17, 15) is 4.79 Å². The summed E-state index contributed by atoms with van der Waals surface area (Å²) in [5, 5.41) is 5.75. The van der Waals surface area contributed by atoms with Gasteiger partial charge in [-0.15, -0.1) is 0 Å². The van der Waals surface area contributed by atoms with Gasteiger partial charge in [-0.05, 0) is 36.2 Å². The van der Waals surface area contributed by atoms with Crippen LogP contribution in [-0.2, 0) is 0 Å². The normalized spacial score (nSPS) is 11.6. The van der Waals surface area contributed by atoms with Gasteiger partial charge in [0.15, 0.2) is 0 Å². The minimum absolute atomic E-state index is 0.0444. The lowest BCUT2D eigenvalue weighted by Gasteiger charge is -2.18. The van der Waals surface area contributed by atoms with Crippen LogP contribution in [0, 0.1) is 0 Å². The summed E-state index contributed by atoms with van der Waals surface area (Å²) in [5.41, 5.74) is 1.70. The zero-order valence-electron chi connectivity index (χ0n) is 13.1. The molecular formula is C16H21N5O. The number of carbonyl (C=O) groups is 1. The maximum atomic E-state index is 12.1. The molecular weight excluding hydrogens is 278 g/mol. The number of anilines is 2. The summed E-state index contributed by atoms with van der Waals surface area (Å²) in [5.74, 6) is 0.842. The van der Waals surface area contributed by atoms with E-state index in [-0.39, 0.29) is 12.1 Å². The van der Waals surface area contributed by atoms with Crippen molar-refractivity contribution in [2.75, 3.05) is 24.3 Å². The van der Waals surface area contributed by atoms with E-state index in [4.69, 9.17) is 0 Å². The van der Waals surface area contributed by atoms with Crippen LogP contribution in [0.4, 0.5) is 16.3 Å². The number of carbonyl (C=O) groups excluding carboxylic acids is 1. The van der Waals surface area contributed by atoms with Crippen molar-refractivity contribution in [2.45, 2.75) is 19.4 Å². The lowest BCUT2D eigenvalue weighted by atomic mass is 10.1. The highest BCUT2D eigenvalue weighted by Gasteiger charge is 2.12. The molecule has 0 aliphatic carbocycles. The number of nitrogens with zero attached hydrogens (tertiary/aromatic N) is 3. The van der Waals surface area contributed by atoms with E-state index >= 15 is 0 Å². The van der Waals surface area contributed by atoms with Gasteiger partial charge in [-0.3, -0.25) is 4.98 Å². The van der Waals surface area contributed by atoms with Crippen LogP contribution < -0.4 is 15.5 Å². The summed E-state index contributed by atoms with van der Waals surface area (Å²) < 4.78 is 0. The van der Waals surface area contributed by atoms with Crippen LogP contribution >= 0.6 is 0 Å². The van der Waals surface area contributed by atoms with Gasteiger partial charge in [-0.2, -0.15) is 0 Å². The van der Waals surface area contributed by atoms with E-state index in [0.29, 0.717) is 5.69 Å². The number of hydrogen-bond acceptors (Lipinski definition) is 4. The Balaban J connectivity index is 1.97. The first-order valence-corrected chi connectivity index (χ1v) is 7.21. The Labute approximate surface area is 130 Å². The molecule has 0 fully saturated rings. The maximum Gasteiger partial charge on any atom is 0.319 e. The second-order valence-electron chi connectivity index (χ2n) is 5.14. The van der Waals surface area contributed by atoms with Crippen LogP contribution in [0.1, 0.15) is 24.9 Å². The van der Waals surface area contributed by atoms with Crippen molar-refractivity contribution in [3.05, 3.63) is 48.4 Å². The molecule has 2 aromatic rings. The summed E-state index contributed by atoms with van der Waals surface area (Å²) in [6.45, 7) is 2.03. The molecule has 6 nitrogen and oxygen atoms in total. The molecule has 2 rings (SSSR count). The summed E-state index contributed by atoms with van der Waals surface area (Å²) in [4.78, 5) is 22.3. The van der Waals surface area contributed by atoms with Gasteiger partial charge in [0.1, 0.15) is 5.82 Å². The summed E-state index contributed by atoms with van der Waals surface area (Å²) in [7, 11) is 3.84. The number of hydrogen-bond donors (Lipinski definition) is 2. The van der Waals surface area contributed by atoms with Crippen molar-refractivity contribution >= 4 is 17.5 Å². The highest BCUT2D eigenvalue weighted by molar-refractivity contribution is 5.89. The first-order valence-electron chi connectivity index (χ1n) is 7.21. The minimum Gasteiger partial charge on any atom is -0.363 e. The van der Waals surface area contributed by atoms with E-state index in [1.807, 2.05) is 50.2 Å². The number of pyridine rings is 2. The van der Waals surface area contributed by atoms with Crippen LogP contribution in [0.3, 0.4) is 0 Å². The highest BCUT2D eigenvalue weighted by Crippen LogP contribution is 2.16. The molecule has 0 aromatic carbocycles. The SMILES string of the molecule is CCC(NC(=O)Nc1ccc(N(C)C)nc1)c1ccncc1. The Morgan fingerprint density at radius 1 is 1.23 bits per heavy atom. The van der Waals surface area contributed by atoms with Gasteiger partial charge in [0, 0.05) is 26.5 Å². The van der Waals surface area contributed by atoms with Gasteiger partial charge >= 0.3 is 6.03 Å². The Morgan fingerprint density at radius 2 is 1.95 bits per heavy atom. The van der Waals surface area contributed by atoms with E-state index in [1.54, 1.807) is 18.6 Å². The number of urea groups is 1. The van der Waals surface area contributed by atoms with Crippen LogP contribution in [-0.4, -0.2) is 30.1 Å². The minimum atomic E-state index is -0.247. The molecule has 0 spiro atoms. The predicted molar refractivity (Wildman–Crippen MR) is 88.0 cm³/mol. The molecule has 0 aliphatic heterocycles. The first kappa shape index (κ1) is 15.8. The molecule has 1 unspecified atom stereocenters. The fourth-order valence-electron chi connectivity index (χ4n) is 2.07. The highest BCUT2D eigenvalue weighted by atomic mass is 16.2. The number of amides is 2. The first-order chi connectivity index (χ1) is 10.6. The molecule has 22 heavy (non-hydrogen) atoms. The second kappa shape index (κ2) is 7.40. The zero-order valence-corrected chi connectivity index (χ0v) is 13.1. The fourth-order valence-corrected chi connectivity index (χ4v) is 2.07. The fraction of sp³-hybridized carbons (Fsp3) is 0.312. The van der Waals surface area contributed by atoms with Gasteiger partial charge in [0.2, 0.25) is 0 Å². The standard InChI is InChI=1S/C16H21N5O/c1-4-14(12-7-9-17-10-8-12)20-16(22)19-13-5-6-15(18-11-13)21(2)3/h5-11,14H,4H2,1-3H3,(H2,19,20,22). The average molecular weight is 299 g/mol. The van der Waals surface area contributed by atoms with Crippen LogP contribution in [0.2, 0.25) is 0 Å². The van der Waals surface area contributed by atoms with Crippen molar-refractivity contribution in [3.8, 4) is 0 Å². The third kappa shape index (κ3) is 4.18. The Kier molecular flexibility index (Phi) is 5.30.